The van der Waals surface area contributed by atoms with Gasteiger partial charge in [0.15, 0.2) is 0 Å². The fourth-order valence-electron chi connectivity index (χ4n) is 8.95. The summed E-state index contributed by atoms with van der Waals surface area (Å²) in [6, 6.07) is 0. The highest BCUT2D eigenvalue weighted by molar-refractivity contribution is 5.29. The van der Waals surface area contributed by atoms with Crippen LogP contribution in [-0.4, -0.2) is 0 Å². The van der Waals surface area contributed by atoms with Crippen molar-refractivity contribution < 1.29 is 0 Å². The lowest BCUT2D eigenvalue weighted by Gasteiger charge is -2.61. The second kappa shape index (κ2) is 3.86. The van der Waals surface area contributed by atoms with Crippen molar-refractivity contribution in [3.8, 4) is 0 Å². The van der Waals surface area contributed by atoms with Crippen molar-refractivity contribution in [2.45, 2.75) is 85.0 Å². The van der Waals surface area contributed by atoms with Crippen LogP contribution in [0.3, 0.4) is 0 Å². The smallest absolute Gasteiger partial charge is 0.00879 e. The van der Waals surface area contributed by atoms with Crippen LogP contribution in [0.15, 0.2) is 12.2 Å². The number of fused-ring (bicyclic) bond motifs is 4. The lowest BCUT2D eigenvalue weighted by atomic mass is 9.43. The first-order chi connectivity index (χ1) is 10.4. The molecule has 5 saturated carbocycles. The van der Waals surface area contributed by atoms with Gasteiger partial charge in [-0.1, -0.05) is 45.8 Å². The highest BCUT2D eigenvalue weighted by Gasteiger charge is 2.77. The van der Waals surface area contributed by atoms with Crippen molar-refractivity contribution >= 4 is 0 Å². The standard InChI is InChI=1S/C22H34/c1-15-7-8-17-16-13-19(2)14-22(19)11-6-5-10-21(22,4)18(16)9-12-20(15,17)3/h16-18H,1,5-14H2,2-4H3. The molecular weight excluding hydrogens is 264 g/mol. The lowest BCUT2D eigenvalue weighted by molar-refractivity contribution is -0.123. The summed E-state index contributed by atoms with van der Waals surface area (Å²) in [6.07, 6.45) is 15.0. The van der Waals surface area contributed by atoms with Gasteiger partial charge in [0.1, 0.15) is 0 Å². The van der Waals surface area contributed by atoms with Gasteiger partial charge in [-0.3, -0.25) is 0 Å². The van der Waals surface area contributed by atoms with Crippen LogP contribution >= 0.6 is 0 Å². The first-order valence-corrected chi connectivity index (χ1v) is 10.0. The van der Waals surface area contributed by atoms with Crippen LogP contribution < -0.4 is 0 Å². The Bertz CT molecular complexity index is 546. The molecule has 0 aliphatic heterocycles. The molecule has 5 aliphatic rings. The highest BCUT2D eigenvalue weighted by Crippen LogP contribution is 2.85. The average molecular weight is 299 g/mol. The third-order valence-electron chi connectivity index (χ3n) is 10.3. The van der Waals surface area contributed by atoms with Crippen LogP contribution in [0.2, 0.25) is 0 Å². The van der Waals surface area contributed by atoms with E-state index in [-0.39, 0.29) is 0 Å². The summed E-state index contributed by atoms with van der Waals surface area (Å²) >= 11 is 0. The Kier molecular flexibility index (Phi) is 2.48. The molecule has 22 heavy (non-hydrogen) atoms. The summed E-state index contributed by atoms with van der Waals surface area (Å²) in [4.78, 5) is 0. The molecule has 0 aromatic heterocycles. The molecule has 0 bridgehead atoms. The molecule has 0 aromatic carbocycles. The Labute approximate surface area is 137 Å². The molecule has 7 atom stereocenters. The zero-order valence-corrected chi connectivity index (χ0v) is 15.0. The minimum atomic E-state index is 0.497. The summed E-state index contributed by atoms with van der Waals surface area (Å²) < 4.78 is 0. The maximum atomic E-state index is 4.49. The molecule has 5 fully saturated rings. The topological polar surface area (TPSA) is 0 Å². The van der Waals surface area contributed by atoms with Gasteiger partial charge < -0.3 is 0 Å². The maximum Gasteiger partial charge on any atom is -0.00879 e. The first kappa shape index (κ1) is 14.1. The molecule has 0 amide bonds. The maximum absolute atomic E-state index is 4.49. The van der Waals surface area contributed by atoms with Gasteiger partial charge in [0.05, 0.1) is 0 Å². The van der Waals surface area contributed by atoms with E-state index in [9.17, 15) is 0 Å². The van der Waals surface area contributed by atoms with Gasteiger partial charge in [-0.15, -0.1) is 0 Å². The summed E-state index contributed by atoms with van der Waals surface area (Å²) in [6.45, 7) is 12.5. The molecule has 1 spiro atoms. The Morgan fingerprint density at radius 1 is 0.955 bits per heavy atom. The third-order valence-corrected chi connectivity index (χ3v) is 10.3. The summed E-state index contributed by atoms with van der Waals surface area (Å²) in [5.41, 5.74) is 4.22. The van der Waals surface area contributed by atoms with E-state index in [2.05, 4.69) is 27.4 Å². The monoisotopic (exact) mass is 298 g/mol. The van der Waals surface area contributed by atoms with E-state index in [0.29, 0.717) is 16.2 Å². The van der Waals surface area contributed by atoms with Crippen LogP contribution in [0.25, 0.3) is 0 Å². The zero-order chi connectivity index (χ0) is 15.4. The van der Waals surface area contributed by atoms with E-state index in [1.807, 2.05) is 0 Å². The average Bonchev–Trinajstić information content (AvgIpc) is 2.96. The molecule has 0 heteroatoms. The molecule has 122 valence electrons. The Morgan fingerprint density at radius 2 is 1.73 bits per heavy atom. The van der Waals surface area contributed by atoms with E-state index in [0.717, 1.165) is 23.2 Å². The fourth-order valence-corrected chi connectivity index (χ4v) is 8.95. The molecular formula is C22H34. The number of hydrogen-bond acceptors (Lipinski definition) is 0. The molecule has 0 saturated heterocycles. The fraction of sp³-hybridized carbons (Fsp3) is 0.909. The molecule has 5 aliphatic carbocycles. The molecule has 0 heterocycles. The zero-order valence-electron chi connectivity index (χ0n) is 15.0. The number of hydrogen-bond donors (Lipinski definition) is 0. The molecule has 7 unspecified atom stereocenters. The van der Waals surface area contributed by atoms with Crippen LogP contribution in [0, 0.1) is 39.4 Å². The van der Waals surface area contributed by atoms with Crippen molar-refractivity contribution in [3.05, 3.63) is 12.2 Å². The predicted molar refractivity (Wildman–Crippen MR) is 92.5 cm³/mol. The van der Waals surface area contributed by atoms with Crippen LogP contribution in [0.1, 0.15) is 85.0 Å². The first-order valence-electron chi connectivity index (χ1n) is 10.0. The Morgan fingerprint density at radius 3 is 2.55 bits per heavy atom. The minimum absolute atomic E-state index is 0.497. The lowest BCUT2D eigenvalue weighted by Crippen LogP contribution is -2.54. The normalized spacial score (nSPS) is 62.7. The molecule has 0 nitrogen and oxygen atoms in total. The summed E-state index contributed by atoms with van der Waals surface area (Å²) in [7, 11) is 0. The van der Waals surface area contributed by atoms with Crippen molar-refractivity contribution in [2.75, 3.05) is 0 Å². The second-order valence-corrected chi connectivity index (χ2v) is 10.6. The summed E-state index contributed by atoms with van der Waals surface area (Å²) in [5.74, 6) is 3.02. The molecule has 0 N–H and O–H groups in total. The van der Waals surface area contributed by atoms with E-state index in [1.165, 1.54) is 44.9 Å². The Balaban J connectivity index is 1.58. The second-order valence-electron chi connectivity index (χ2n) is 10.6. The van der Waals surface area contributed by atoms with Gasteiger partial charge in [0.2, 0.25) is 0 Å². The highest BCUT2D eigenvalue weighted by atomic mass is 14.8. The van der Waals surface area contributed by atoms with Crippen molar-refractivity contribution in [1.82, 2.24) is 0 Å². The van der Waals surface area contributed by atoms with Crippen molar-refractivity contribution in [1.29, 1.82) is 0 Å². The van der Waals surface area contributed by atoms with Crippen molar-refractivity contribution in [3.63, 3.8) is 0 Å². The third kappa shape index (κ3) is 1.31. The molecule has 0 radical (unpaired) electrons. The van der Waals surface area contributed by atoms with Crippen molar-refractivity contribution in [2.24, 2.45) is 39.4 Å². The number of rotatable bonds is 0. The van der Waals surface area contributed by atoms with Crippen LogP contribution in [0.4, 0.5) is 0 Å². The minimum Gasteiger partial charge on any atom is -0.0993 e. The largest absolute Gasteiger partial charge is 0.0993 e. The SMILES string of the molecule is C=C1CCC2C3CC4(C)CC45CCCCC5(C)C3CCC12C. The number of allylic oxidation sites excluding steroid dienone is 1. The van der Waals surface area contributed by atoms with Gasteiger partial charge in [-0.2, -0.15) is 0 Å². The van der Waals surface area contributed by atoms with E-state index < -0.39 is 0 Å². The molecule has 0 aromatic rings. The van der Waals surface area contributed by atoms with Crippen LogP contribution in [-0.2, 0) is 0 Å². The van der Waals surface area contributed by atoms with Crippen LogP contribution in [0.5, 0.6) is 0 Å². The van der Waals surface area contributed by atoms with Gasteiger partial charge >= 0.3 is 0 Å². The molecule has 5 rings (SSSR count). The van der Waals surface area contributed by atoms with Gasteiger partial charge in [0, 0.05) is 0 Å². The van der Waals surface area contributed by atoms with Gasteiger partial charge in [-0.25, -0.2) is 0 Å². The van der Waals surface area contributed by atoms with E-state index >= 15 is 0 Å². The van der Waals surface area contributed by atoms with Gasteiger partial charge in [-0.05, 0) is 90.8 Å². The predicted octanol–water partition coefficient (Wildman–Crippen LogP) is 6.37. The van der Waals surface area contributed by atoms with Gasteiger partial charge in [0.25, 0.3) is 0 Å². The quantitative estimate of drug-likeness (QED) is 0.456. The van der Waals surface area contributed by atoms with E-state index in [1.54, 1.807) is 24.8 Å². The van der Waals surface area contributed by atoms with E-state index in [4.69, 9.17) is 0 Å². The summed E-state index contributed by atoms with van der Waals surface area (Å²) in [5, 5.41) is 0. The Hall–Kier alpha value is -0.260.